The fourth-order valence-electron chi connectivity index (χ4n) is 3.71. The number of ether oxygens (including phenoxy) is 2. The Morgan fingerprint density at radius 1 is 0.917 bits per heavy atom. The molecule has 0 spiro atoms. The third-order valence-corrected chi connectivity index (χ3v) is 5.93. The first kappa shape index (κ1) is 24.7. The van der Waals surface area contributed by atoms with E-state index >= 15 is 0 Å². The lowest BCUT2D eigenvalue weighted by Crippen LogP contribution is -2.65. The van der Waals surface area contributed by atoms with Crippen molar-refractivity contribution >= 4 is 46.4 Å². The van der Waals surface area contributed by atoms with E-state index < -0.39 is 17.9 Å². The van der Waals surface area contributed by atoms with Crippen molar-refractivity contribution in [3.8, 4) is 11.5 Å². The highest BCUT2D eigenvalue weighted by atomic mass is 32.1. The molecule has 9 nitrogen and oxygen atoms in total. The zero-order chi connectivity index (χ0) is 25.7. The van der Waals surface area contributed by atoms with Gasteiger partial charge < -0.3 is 14.8 Å². The van der Waals surface area contributed by atoms with Gasteiger partial charge in [0.2, 0.25) is 16.9 Å². The van der Waals surface area contributed by atoms with Crippen LogP contribution in [-0.2, 0) is 9.59 Å². The zero-order valence-electron chi connectivity index (χ0n) is 19.6. The van der Waals surface area contributed by atoms with Crippen LogP contribution in [-0.4, -0.2) is 48.1 Å². The van der Waals surface area contributed by atoms with Crippen LogP contribution in [0.1, 0.15) is 16.8 Å². The lowest BCUT2D eigenvalue weighted by atomic mass is 10.1. The predicted octanol–water partition coefficient (Wildman–Crippen LogP) is 3.38. The maximum absolute atomic E-state index is 13.3. The number of carbonyl (C=O) groups excluding carboxylic acids is 3. The number of nitrogens with one attached hydrogen (secondary N) is 2. The number of amides is 3. The number of anilines is 2. The molecular formula is C26H24N4O5S. The fourth-order valence-corrected chi connectivity index (χ4v) is 4.09. The number of thiocarbonyl (C=S) groups is 1. The molecule has 0 radical (unpaired) electrons. The third-order valence-electron chi connectivity index (χ3n) is 5.55. The van der Waals surface area contributed by atoms with E-state index in [0.717, 1.165) is 0 Å². The maximum Gasteiger partial charge on any atom is 0.269 e. The van der Waals surface area contributed by atoms with Gasteiger partial charge in [-0.05, 0) is 60.7 Å². The minimum atomic E-state index is -1.08. The highest BCUT2D eigenvalue weighted by Crippen LogP contribution is 2.27. The second kappa shape index (κ2) is 10.9. The number of methoxy groups -OCH3 is 2. The minimum absolute atomic E-state index is 0.0357. The quantitative estimate of drug-likeness (QED) is 0.476. The number of hydrazine groups is 1. The van der Waals surface area contributed by atoms with Crippen LogP contribution in [0.5, 0.6) is 11.5 Å². The van der Waals surface area contributed by atoms with Gasteiger partial charge in [-0.3, -0.25) is 24.7 Å². The molecule has 1 fully saturated rings. The maximum atomic E-state index is 13.3. The summed E-state index contributed by atoms with van der Waals surface area (Å²) >= 11 is 5.62. The molecule has 4 rings (SSSR count). The van der Waals surface area contributed by atoms with Crippen LogP contribution in [0.4, 0.5) is 11.4 Å². The largest absolute Gasteiger partial charge is 0.497 e. The van der Waals surface area contributed by atoms with E-state index in [2.05, 4.69) is 10.7 Å². The second-order valence-corrected chi connectivity index (χ2v) is 8.19. The van der Waals surface area contributed by atoms with Gasteiger partial charge >= 0.3 is 0 Å². The van der Waals surface area contributed by atoms with Crippen molar-refractivity contribution in [1.82, 2.24) is 10.4 Å². The van der Waals surface area contributed by atoms with Crippen molar-refractivity contribution in [3.05, 3.63) is 84.4 Å². The molecule has 1 aliphatic rings. The van der Waals surface area contributed by atoms with Gasteiger partial charge in [0.05, 0.1) is 26.3 Å². The van der Waals surface area contributed by atoms with Crippen molar-refractivity contribution < 1.29 is 23.9 Å². The highest BCUT2D eigenvalue weighted by Gasteiger charge is 2.42. The summed E-state index contributed by atoms with van der Waals surface area (Å²) in [6, 6.07) is 21.0. The molecule has 1 saturated heterocycles. The number of hydrogen-bond acceptors (Lipinski definition) is 6. The normalized spacial score (nSPS) is 15.3. The number of benzene rings is 3. The van der Waals surface area contributed by atoms with Crippen molar-refractivity contribution in [2.45, 2.75) is 12.5 Å². The summed E-state index contributed by atoms with van der Waals surface area (Å²) in [7, 11) is 3.06. The fraction of sp³-hybridized carbons (Fsp3) is 0.154. The summed E-state index contributed by atoms with van der Waals surface area (Å²) < 4.78 is 10.4. The van der Waals surface area contributed by atoms with Crippen LogP contribution in [0.15, 0.2) is 78.9 Å². The molecule has 3 amide bonds. The molecule has 1 aliphatic heterocycles. The summed E-state index contributed by atoms with van der Waals surface area (Å²) in [6.07, 6.45) is -0.225. The number of carbonyl (C=O) groups is 3. The first-order valence-corrected chi connectivity index (χ1v) is 11.4. The Bertz CT molecular complexity index is 1280. The Balaban J connectivity index is 1.64. The van der Waals surface area contributed by atoms with Crippen molar-refractivity contribution in [1.29, 1.82) is 0 Å². The van der Waals surface area contributed by atoms with Gasteiger partial charge in [-0.25, -0.2) is 5.01 Å². The van der Waals surface area contributed by atoms with Crippen LogP contribution >= 0.6 is 12.2 Å². The molecule has 0 aliphatic carbocycles. The molecule has 184 valence electrons. The predicted molar refractivity (Wildman–Crippen MR) is 139 cm³/mol. The van der Waals surface area contributed by atoms with E-state index in [1.54, 1.807) is 78.9 Å². The molecule has 2 N–H and O–H groups in total. The van der Waals surface area contributed by atoms with Gasteiger partial charge in [0.15, 0.2) is 0 Å². The average Bonchev–Trinajstić information content (AvgIpc) is 2.91. The van der Waals surface area contributed by atoms with E-state index in [9.17, 15) is 14.4 Å². The molecule has 3 aromatic rings. The molecule has 0 aromatic heterocycles. The molecule has 1 atom stereocenters. The summed E-state index contributed by atoms with van der Waals surface area (Å²) in [5.74, 6) is -0.203. The van der Waals surface area contributed by atoms with Crippen molar-refractivity contribution in [2.75, 3.05) is 24.4 Å². The molecule has 1 heterocycles. The Labute approximate surface area is 213 Å². The van der Waals surface area contributed by atoms with Crippen molar-refractivity contribution in [3.63, 3.8) is 0 Å². The molecule has 3 aromatic carbocycles. The summed E-state index contributed by atoms with van der Waals surface area (Å²) in [5.41, 5.74) is 4.05. The Kier molecular flexibility index (Phi) is 7.45. The van der Waals surface area contributed by atoms with Crippen LogP contribution in [0.25, 0.3) is 0 Å². The van der Waals surface area contributed by atoms with Gasteiger partial charge in [-0.15, -0.1) is 0 Å². The average molecular weight is 505 g/mol. The van der Waals surface area contributed by atoms with Crippen LogP contribution in [0.3, 0.4) is 0 Å². The summed E-state index contributed by atoms with van der Waals surface area (Å²) in [6.45, 7) is 0. The summed E-state index contributed by atoms with van der Waals surface area (Å²) in [4.78, 5) is 40.8. The third kappa shape index (κ3) is 5.28. The molecular weight excluding hydrogens is 480 g/mol. The minimum Gasteiger partial charge on any atom is -0.497 e. The van der Waals surface area contributed by atoms with Gasteiger partial charge in [-0.1, -0.05) is 24.3 Å². The van der Waals surface area contributed by atoms with E-state index in [-0.39, 0.29) is 17.4 Å². The first-order valence-electron chi connectivity index (χ1n) is 11.0. The van der Waals surface area contributed by atoms with E-state index in [4.69, 9.17) is 21.7 Å². The Hall–Kier alpha value is -4.44. The van der Waals surface area contributed by atoms with Crippen LogP contribution in [0.2, 0.25) is 0 Å². The number of rotatable bonds is 7. The van der Waals surface area contributed by atoms with Crippen LogP contribution < -0.4 is 25.1 Å². The molecule has 0 unspecified atom stereocenters. The SMILES string of the molecule is COc1ccc(N2C(=O)C[C@@H](C(=O)Nc3cccc(OC)c3)N(NC(=O)c3ccccc3)C2=S)cc1. The monoisotopic (exact) mass is 504 g/mol. The topological polar surface area (TPSA) is 100 Å². The zero-order valence-corrected chi connectivity index (χ0v) is 20.5. The molecule has 0 bridgehead atoms. The van der Waals surface area contributed by atoms with E-state index in [1.807, 2.05) is 0 Å². The van der Waals surface area contributed by atoms with E-state index in [0.29, 0.717) is 28.4 Å². The van der Waals surface area contributed by atoms with Gasteiger partial charge in [0, 0.05) is 17.3 Å². The van der Waals surface area contributed by atoms with Gasteiger partial charge in [-0.2, -0.15) is 0 Å². The number of nitrogens with zero attached hydrogens (tertiary/aromatic N) is 2. The Morgan fingerprint density at radius 2 is 1.61 bits per heavy atom. The standard InChI is InChI=1S/C26H24N4O5S/c1-34-20-13-11-19(12-14-20)29-23(31)16-22(25(33)27-18-9-6-10-21(15-18)35-2)30(26(29)36)28-24(32)17-7-4-3-5-8-17/h3-15,22H,16H2,1-2H3,(H,27,33)(H,28,32)/t22-/m0/s1. The first-order chi connectivity index (χ1) is 17.4. The summed E-state index contributed by atoms with van der Waals surface area (Å²) in [5, 5.41) is 4.00. The van der Waals surface area contributed by atoms with Crippen molar-refractivity contribution in [2.24, 2.45) is 0 Å². The molecule has 36 heavy (non-hydrogen) atoms. The molecule has 10 heteroatoms. The lowest BCUT2D eigenvalue weighted by molar-refractivity contribution is -0.127. The van der Waals surface area contributed by atoms with E-state index in [1.165, 1.54) is 24.1 Å². The smallest absolute Gasteiger partial charge is 0.269 e. The second-order valence-electron chi connectivity index (χ2n) is 7.83. The lowest BCUT2D eigenvalue weighted by Gasteiger charge is -2.41. The van der Waals surface area contributed by atoms with Gasteiger partial charge in [0.25, 0.3) is 5.91 Å². The van der Waals surface area contributed by atoms with Gasteiger partial charge in [0.1, 0.15) is 17.5 Å². The highest BCUT2D eigenvalue weighted by molar-refractivity contribution is 7.80. The van der Waals surface area contributed by atoms with Crippen LogP contribution in [0, 0.1) is 0 Å². The number of hydrogen-bond donors (Lipinski definition) is 2. The Morgan fingerprint density at radius 3 is 2.28 bits per heavy atom. The molecule has 0 saturated carbocycles.